The minimum atomic E-state index is 0.583. The maximum atomic E-state index is 5.97. The van der Waals surface area contributed by atoms with Gasteiger partial charge < -0.3 is 9.42 Å². The number of benzene rings is 2. The van der Waals surface area contributed by atoms with E-state index in [1.807, 2.05) is 30.3 Å². The standard InChI is InChI=1S/C25H21ClN6OS/c26-19-8-6-18(7-9-19)23-29-21(33-30-23)14-31-10-12-32(13-11-31)24-22-20(17-4-2-1-3-5-17)15-34-25(22)28-16-27-24/h1-9,15-16H,10-14H2. The second-order valence-corrected chi connectivity index (χ2v) is 9.47. The summed E-state index contributed by atoms with van der Waals surface area (Å²) in [5.41, 5.74) is 3.28. The van der Waals surface area contributed by atoms with Crippen LogP contribution in [0.15, 0.2) is 70.8 Å². The number of anilines is 1. The number of piperazine rings is 1. The molecule has 0 aliphatic carbocycles. The summed E-state index contributed by atoms with van der Waals surface area (Å²) >= 11 is 7.64. The van der Waals surface area contributed by atoms with Gasteiger partial charge >= 0.3 is 0 Å². The molecule has 0 spiro atoms. The molecule has 0 atom stereocenters. The first-order valence-corrected chi connectivity index (χ1v) is 12.3. The van der Waals surface area contributed by atoms with Crippen LogP contribution < -0.4 is 4.90 Å². The number of thiophene rings is 1. The van der Waals surface area contributed by atoms with Gasteiger partial charge in [0.05, 0.1) is 11.9 Å². The van der Waals surface area contributed by atoms with Gasteiger partial charge in [-0.15, -0.1) is 11.3 Å². The van der Waals surface area contributed by atoms with Crippen LogP contribution >= 0.6 is 22.9 Å². The first-order valence-electron chi connectivity index (χ1n) is 11.1. The highest BCUT2D eigenvalue weighted by Gasteiger charge is 2.23. The van der Waals surface area contributed by atoms with Gasteiger partial charge in [0.1, 0.15) is 17.0 Å². The van der Waals surface area contributed by atoms with Crippen molar-refractivity contribution in [2.45, 2.75) is 6.54 Å². The fraction of sp³-hybridized carbons (Fsp3) is 0.200. The Labute approximate surface area is 205 Å². The van der Waals surface area contributed by atoms with Gasteiger partial charge in [-0.1, -0.05) is 47.1 Å². The molecular weight excluding hydrogens is 468 g/mol. The molecule has 0 radical (unpaired) electrons. The maximum absolute atomic E-state index is 5.97. The quantitative estimate of drug-likeness (QED) is 0.328. The predicted molar refractivity (Wildman–Crippen MR) is 135 cm³/mol. The first-order chi connectivity index (χ1) is 16.7. The second kappa shape index (κ2) is 9.13. The molecule has 0 N–H and O–H groups in total. The van der Waals surface area contributed by atoms with Crippen molar-refractivity contribution in [3.8, 4) is 22.5 Å². The summed E-state index contributed by atoms with van der Waals surface area (Å²) in [7, 11) is 0. The van der Waals surface area contributed by atoms with Gasteiger partial charge in [0.15, 0.2) is 0 Å². The third-order valence-corrected chi connectivity index (χ3v) is 7.17. The fourth-order valence-electron chi connectivity index (χ4n) is 4.27. The predicted octanol–water partition coefficient (Wildman–Crippen LogP) is 5.38. The van der Waals surface area contributed by atoms with E-state index in [2.05, 4.69) is 54.6 Å². The molecule has 3 aromatic heterocycles. The van der Waals surface area contributed by atoms with Gasteiger partial charge in [-0.2, -0.15) is 4.98 Å². The molecule has 0 saturated carbocycles. The van der Waals surface area contributed by atoms with Crippen molar-refractivity contribution in [2.75, 3.05) is 31.1 Å². The summed E-state index contributed by atoms with van der Waals surface area (Å²) < 4.78 is 5.51. The minimum Gasteiger partial charge on any atom is -0.353 e. The first kappa shape index (κ1) is 21.2. The maximum Gasteiger partial charge on any atom is 0.241 e. The van der Waals surface area contributed by atoms with Crippen molar-refractivity contribution in [3.05, 3.63) is 77.2 Å². The van der Waals surface area contributed by atoms with Gasteiger partial charge in [-0.25, -0.2) is 9.97 Å². The van der Waals surface area contributed by atoms with Crippen LogP contribution in [0, 0.1) is 0 Å². The van der Waals surface area contributed by atoms with Crippen LogP contribution in [0.4, 0.5) is 5.82 Å². The number of hydrogen-bond acceptors (Lipinski definition) is 8. The van der Waals surface area contributed by atoms with Crippen molar-refractivity contribution < 1.29 is 4.52 Å². The van der Waals surface area contributed by atoms with Gasteiger partial charge in [-0.05, 0) is 29.8 Å². The largest absolute Gasteiger partial charge is 0.353 e. The van der Waals surface area contributed by atoms with Gasteiger partial charge in [-0.3, -0.25) is 4.90 Å². The highest BCUT2D eigenvalue weighted by atomic mass is 35.5. The van der Waals surface area contributed by atoms with E-state index in [1.165, 1.54) is 11.1 Å². The Morgan fingerprint density at radius 2 is 1.71 bits per heavy atom. The molecule has 6 rings (SSSR count). The highest BCUT2D eigenvalue weighted by Crippen LogP contribution is 2.38. The van der Waals surface area contributed by atoms with Crippen molar-refractivity contribution in [2.24, 2.45) is 0 Å². The molecule has 1 aliphatic heterocycles. The third kappa shape index (κ3) is 4.16. The Kier molecular flexibility index (Phi) is 5.70. The average Bonchev–Trinajstić information content (AvgIpc) is 3.53. The van der Waals surface area contributed by atoms with E-state index in [9.17, 15) is 0 Å². The second-order valence-electron chi connectivity index (χ2n) is 8.17. The molecule has 1 fully saturated rings. The lowest BCUT2D eigenvalue weighted by Gasteiger charge is -2.35. The summed E-state index contributed by atoms with van der Waals surface area (Å²) in [4.78, 5) is 19.5. The minimum absolute atomic E-state index is 0.583. The summed E-state index contributed by atoms with van der Waals surface area (Å²) in [5.74, 6) is 2.21. The number of fused-ring (bicyclic) bond motifs is 1. The Hall–Kier alpha value is -3.33. The zero-order valence-electron chi connectivity index (χ0n) is 18.3. The number of hydrogen-bond donors (Lipinski definition) is 0. The smallest absolute Gasteiger partial charge is 0.241 e. The van der Waals surface area contributed by atoms with Crippen LogP contribution in [0.2, 0.25) is 5.02 Å². The molecular formula is C25H21ClN6OS. The van der Waals surface area contributed by atoms with Crippen molar-refractivity contribution >= 4 is 39.0 Å². The molecule has 1 aliphatic rings. The Morgan fingerprint density at radius 1 is 0.912 bits per heavy atom. The van der Waals surface area contributed by atoms with E-state index in [0.29, 0.717) is 23.3 Å². The lowest BCUT2D eigenvalue weighted by atomic mass is 10.1. The van der Waals surface area contributed by atoms with Crippen LogP contribution in [-0.4, -0.2) is 51.2 Å². The summed E-state index contributed by atoms with van der Waals surface area (Å²) in [5, 5.41) is 8.13. The molecule has 9 heteroatoms. The molecule has 1 saturated heterocycles. The monoisotopic (exact) mass is 488 g/mol. The van der Waals surface area contributed by atoms with E-state index in [4.69, 9.17) is 21.1 Å². The summed E-state index contributed by atoms with van der Waals surface area (Å²) in [6, 6.07) is 17.9. The van der Waals surface area contributed by atoms with Crippen LogP contribution in [0.1, 0.15) is 5.89 Å². The molecule has 0 unspecified atom stereocenters. The number of nitrogens with zero attached hydrogens (tertiary/aromatic N) is 6. The highest BCUT2D eigenvalue weighted by molar-refractivity contribution is 7.17. The van der Waals surface area contributed by atoms with Crippen LogP contribution in [0.25, 0.3) is 32.7 Å². The van der Waals surface area contributed by atoms with Gasteiger partial charge in [0, 0.05) is 47.7 Å². The van der Waals surface area contributed by atoms with Crippen LogP contribution in [0.3, 0.4) is 0 Å². The molecule has 170 valence electrons. The Bertz CT molecular complexity index is 1410. The van der Waals surface area contributed by atoms with Crippen LogP contribution in [0.5, 0.6) is 0 Å². The topological polar surface area (TPSA) is 71.2 Å². The van der Waals surface area contributed by atoms with E-state index >= 15 is 0 Å². The number of aromatic nitrogens is 4. The number of halogens is 1. The van der Waals surface area contributed by atoms with Crippen LogP contribution in [-0.2, 0) is 6.54 Å². The average molecular weight is 489 g/mol. The zero-order valence-corrected chi connectivity index (χ0v) is 19.8. The third-order valence-electron chi connectivity index (χ3n) is 6.04. The molecule has 4 heterocycles. The summed E-state index contributed by atoms with van der Waals surface area (Å²) in [6.07, 6.45) is 1.67. The van der Waals surface area contributed by atoms with E-state index in [1.54, 1.807) is 17.7 Å². The SMILES string of the molecule is Clc1ccc(-c2noc(CN3CCN(c4ncnc5scc(-c6ccccc6)c45)CC3)n2)cc1. The molecule has 0 bridgehead atoms. The lowest BCUT2D eigenvalue weighted by molar-refractivity contribution is 0.215. The van der Waals surface area contributed by atoms with E-state index < -0.39 is 0 Å². The lowest BCUT2D eigenvalue weighted by Crippen LogP contribution is -2.46. The van der Waals surface area contributed by atoms with E-state index in [0.717, 1.165) is 47.8 Å². The zero-order chi connectivity index (χ0) is 22.9. The van der Waals surface area contributed by atoms with Crippen molar-refractivity contribution in [3.63, 3.8) is 0 Å². The molecule has 0 amide bonds. The molecule has 5 aromatic rings. The van der Waals surface area contributed by atoms with Crippen molar-refractivity contribution in [1.29, 1.82) is 0 Å². The fourth-order valence-corrected chi connectivity index (χ4v) is 5.31. The molecule has 34 heavy (non-hydrogen) atoms. The number of rotatable bonds is 5. The normalized spacial score (nSPS) is 14.7. The molecule has 2 aromatic carbocycles. The Balaban J connectivity index is 1.16. The van der Waals surface area contributed by atoms with Gasteiger partial charge in [0.2, 0.25) is 11.7 Å². The summed E-state index contributed by atoms with van der Waals surface area (Å²) in [6.45, 7) is 4.13. The Morgan fingerprint density at radius 3 is 2.50 bits per heavy atom. The van der Waals surface area contributed by atoms with Gasteiger partial charge in [0.25, 0.3) is 0 Å². The van der Waals surface area contributed by atoms with Crippen molar-refractivity contribution in [1.82, 2.24) is 25.0 Å². The van der Waals surface area contributed by atoms with E-state index in [-0.39, 0.29) is 0 Å². The molecule has 7 nitrogen and oxygen atoms in total.